The van der Waals surface area contributed by atoms with Gasteiger partial charge in [0.1, 0.15) is 5.60 Å². The number of piperidine rings is 1. The number of likely N-dealkylation sites (tertiary alicyclic amines) is 1. The largest absolute Gasteiger partial charge is 0.441 e. The second-order valence-corrected chi connectivity index (χ2v) is 6.75. The second kappa shape index (κ2) is 6.44. The van der Waals surface area contributed by atoms with Crippen LogP contribution in [0.15, 0.2) is 24.3 Å². The molecule has 0 aromatic heterocycles. The van der Waals surface area contributed by atoms with Gasteiger partial charge in [-0.25, -0.2) is 4.79 Å². The van der Waals surface area contributed by atoms with Gasteiger partial charge >= 0.3 is 12.3 Å². The zero-order valence-electron chi connectivity index (χ0n) is 13.3. The first kappa shape index (κ1) is 17.9. The topological polar surface area (TPSA) is 49.9 Å². The number of carbonyl (C=O) groups excluding carboxylic acids is 2. The fourth-order valence-electron chi connectivity index (χ4n) is 3.20. The van der Waals surface area contributed by atoms with E-state index in [9.17, 15) is 22.8 Å². The monoisotopic (exact) mass is 374 g/mol. The number of ether oxygens (including phenoxy) is 1. The third kappa shape index (κ3) is 3.86. The highest BCUT2D eigenvalue weighted by Crippen LogP contribution is 2.34. The molecule has 0 unspecified atom stereocenters. The van der Waals surface area contributed by atoms with Gasteiger partial charge in [0, 0.05) is 32.5 Å². The summed E-state index contributed by atoms with van der Waals surface area (Å²) in [5.74, 6) is 0. The van der Waals surface area contributed by atoms with Crippen LogP contribution in [0.3, 0.4) is 0 Å². The zero-order chi connectivity index (χ0) is 18.2. The molecule has 2 amide bonds. The highest BCUT2D eigenvalue weighted by molar-refractivity contribution is 7.96. The van der Waals surface area contributed by atoms with Crippen molar-refractivity contribution in [3.63, 3.8) is 0 Å². The Kier molecular flexibility index (Phi) is 4.61. The van der Waals surface area contributed by atoms with E-state index in [1.54, 1.807) is 4.90 Å². The van der Waals surface area contributed by atoms with Gasteiger partial charge in [0.05, 0.1) is 12.1 Å². The Balaban J connectivity index is 1.63. The minimum absolute atomic E-state index is 0.188. The molecule has 5 nitrogen and oxygen atoms in total. The fourth-order valence-corrected chi connectivity index (χ4v) is 3.40. The Morgan fingerprint density at radius 2 is 1.80 bits per heavy atom. The lowest BCUT2D eigenvalue weighted by atomic mass is 9.91. The van der Waals surface area contributed by atoms with Crippen LogP contribution in [0.2, 0.25) is 0 Å². The summed E-state index contributed by atoms with van der Waals surface area (Å²) in [6.45, 7) is 1.48. The maximum atomic E-state index is 12.6. The van der Waals surface area contributed by atoms with Crippen molar-refractivity contribution in [1.82, 2.24) is 9.80 Å². The number of benzene rings is 1. The van der Waals surface area contributed by atoms with Gasteiger partial charge in [0.15, 0.2) is 0 Å². The number of hydrogen-bond donors (Lipinski definition) is 1. The Labute approximate surface area is 148 Å². The van der Waals surface area contributed by atoms with Gasteiger partial charge in [-0.15, -0.1) is 0 Å². The summed E-state index contributed by atoms with van der Waals surface area (Å²) in [5.41, 5.74) is -0.756. The number of rotatable bonds is 2. The van der Waals surface area contributed by atoms with Crippen molar-refractivity contribution in [3.8, 4) is 0 Å². The van der Waals surface area contributed by atoms with Gasteiger partial charge in [-0.3, -0.25) is 9.69 Å². The van der Waals surface area contributed by atoms with E-state index in [1.165, 1.54) is 17.0 Å². The molecule has 0 radical (unpaired) electrons. The first-order valence-electron chi connectivity index (χ1n) is 7.80. The number of carbonyl (C=O) groups is 2. The molecule has 136 valence electrons. The Hall–Kier alpha value is -1.90. The Bertz CT molecular complexity index is 670. The number of hydrogen-bond acceptors (Lipinski definition) is 3. The Morgan fingerprint density at radius 3 is 2.32 bits per heavy atom. The predicted molar refractivity (Wildman–Crippen MR) is 86.3 cm³/mol. The third-order valence-corrected chi connectivity index (χ3v) is 4.92. The molecule has 0 bridgehead atoms. The van der Waals surface area contributed by atoms with Crippen molar-refractivity contribution in [2.24, 2.45) is 0 Å². The molecule has 2 aliphatic heterocycles. The van der Waals surface area contributed by atoms with Gasteiger partial charge in [-0.2, -0.15) is 13.2 Å². The van der Waals surface area contributed by atoms with Gasteiger partial charge in [-0.1, -0.05) is 24.8 Å². The third-order valence-electron chi connectivity index (χ3n) is 4.64. The van der Waals surface area contributed by atoms with Gasteiger partial charge < -0.3 is 9.64 Å². The van der Waals surface area contributed by atoms with E-state index in [0.717, 1.165) is 12.1 Å². The maximum absolute atomic E-state index is 12.6. The lowest BCUT2D eigenvalue weighted by molar-refractivity contribution is -0.137. The normalized spacial score (nSPS) is 20.1. The van der Waals surface area contributed by atoms with E-state index in [2.05, 4.69) is 12.6 Å². The van der Waals surface area contributed by atoms with Gasteiger partial charge in [0.2, 0.25) is 0 Å². The lowest BCUT2D eigenvalue weighted by Gasteiger charge is -2.36. The van der Waals surface area contributed by atoms with Gasteiger partial charge in [-0.05, 0) is 17.7 Å². The van der Waals surface area contributed by atoms with Crippen LogP contribution in [-0.4, -0.2) is 46.4 Å². The van der Waals surface area contributed by atoms with Crippen molar-refractivity contribution in [2.45, 2.75) is 31.2 Å². The van der Waals surface area contributed by atoms with Crippen LogP contribution in [0.1, 0.15) is 24.0 Å². The molecular weight excluding hydrogens is 357 g/mol. The molecule has 0 saturated carbocycles. The van der Waals surface area contributed by atoms with Crippen molar-refractivity contribution in [3.05, 3.63) is 35.4 Å². The highest BCUT2D eigenvalue weighted by Gasteiger charge is 2.47. The summed E-state index contributed by atoms with van der Waals surface area (Å²) < 4.78 is 43.3. The minimum Gasteiger partial charge on any atom is -0.441 e. The molecule has 2 saturated heterocycles. The van der Waals surface area contributed by atoms with E-state index in [1.807, 2.05) is 0 Å². The van der Waals surface area contributed by atoms with Crippen LogP contribution >= 0.6 is 12.6 Å². The lowest BCUT2D eigenvalue weighted by Crippen LogP contribution is -2.47. The summed E-state index contributed by atoms with van der Waals surface area (Å²) in [6.07, 6.45) is -3.82. The molecule has 2 fully saturated rings. The molecule has 0 atom stereocenters. The summed E-state index contributed by atoms with van der Waals surface area (Å²) >= 11 is 3.79. The smallest absolute Gasteiger partial charge is 0.416 e. The first-order chi connectivity index (χ1) is 11.7. The fraction of sp³-hybridized carbons (Fsp3) is 0.500. The number of halogens is 3. The quantitative estimate of drug-likeness (QED) is 0.806. The molecule has 1 aromatic carbocycles. The van der Waals surface area contributed by atoms with Crippen LogP contribution in [0.25, 0.3) is 0 Å². The standard InChI is InChI=1S/C16H17F3N2O3S/c17-16(18,19)12-3-1-11(2-4-12)9-21-10-15(24-13(21)22)5-7-20(8-6-15)14(23)25/h1-4H,5-10H2,(H,23,25). The van der Waals surface area contributed by atoms with Crippen LogP contribution < -0.4 is 0 Å². The molecule has 1 spiro atoms. The van der Waals surface area contributed by atoms with E-state index in [0.29, 0.717) is 38.0 Å². The second-order valence-electron chi connectivity index (χ2n) is 6.37. The van der Waals surface area contributed by atoms with Crippen LogP contribution in [0.5, 0.6) is 0 Å². The number of nitrogens with zero attached hydrogens (tertiary/aromatic N) is 2. The van der Waals surface area contributed by atoms with Crippen molar-refractivity contribution in [1.29, 1.82) is 0 Å². The van der Waals surface area contributed by atoms with Crippen molar-refractivity contribution >= 4 is 24.0 Å². The maximum Gasteiger partial charge on any atom is 0.416 e. The van der Waals surface area contributed by atoms with Crippen LogP contribution in [0.4, 0.5) is 22.8 Å². The SMILES string of the molecule is O=C(S)N1CCC2(CC1)CN(Cc1ccc(C(F)(F)F)cc1)C(=O)O2. The molecule has 3 rings (SSSR count). The predicted octanol–water partition coefficient (Wildman–Crippen LogP) is 3.54. The van der Waals surface area contributed by atoms with Crippen LogP contribution in [0, 0.1) is 0 Å². The average Bonchev–Trinajstić information content (AvgIpc) is 2.83. The number of amides is 2. The number of thiol groups is 1. The first-order valence-corrected chi connectivity index (χ1v) is 8.25. The molecule has 9 heteroatoms. The molecule has 0 aliphatic carbocycles. The molecule has 0 N–H and O–H groups in total. The molecular formula is C16H17F3N2O3S. The van der Waals surface area contributed by atoms with Crippen LogP contribution in [-0.2, 0) is 17.5 Å². The summed E-state index contributed by atoms with van der Waals surface area (Å²) in [5, 5.41) is -0.305. The molecule has 2 aliphatic rings. The Morgan fingerprint density at radius 1 is 1.20 bits per heavy atom. The molecule has 25 heavy (non-hydrogen) atoms. The molecule has 1 aromatic rings. The van der Waals surface area contributed by atoms with Crippen molar-refractivity contribution in [2.75, 3.05) is 19.6 Å². The zero-order valence-corrected chi connectivity index (χ0v) is 14.1. The van der Waals surface area contributed by atoms with Crippen molar-refractivity contribution < 1.29 is 27.5 Å². The summed E-state index contributed by atoms with van der Waals surface area (Å²) in [4.78, 5) is 26.5. The molecule has 2 heterocycles. The van der Waals surface area contributed by atoms with Gasteiger partial charge in [0.25, 0.3) is 5.24 Å². The van der Waals surface area contributed by atoms with E-state index in [4.69, 9.17) is 4.74 Å². The van der Waals surface area contributed by atoms with E-state index < -0.39 is 23.4 Å². The average molecular weight is 374 g/mol. The summed E-state index contributed by atoms with van der Waals surface area (Å²) in [6, 6.07) is 4.74. The minimum atomic E-state index is -4.38. The highest BCUT2D eigenvalue weighted by atomic mass is 32.1. The van der Waals surface area contributed by atoms with E-state index in [-0.39, 0.29) is 11.8 Å². The van der Waals surface area contributed by atoms with E-state index >= 15 is 0 Å². The summed E-state index contributed by atoms with van der Waals surface area (Å²) in [7, 11) is 0. The number of alkyl halides is 3.